The van der Waals surface area contributed by atoms with Crippen molar-refractivity contribution in [3.63, 3.8) is 0 Å². The number of halogens is 3. The second-order valence-corrected chi connectivity index (χ2v) is 5.87. The summed E-state index contributed by atoms with van der Waals surface area (Å²) in [4.78, 5) is 8.53. The van der Waals surface area contributed by atoms with Crippen LogP contribution < -0.4 is 10.1 Å². The molecule has 1 aromatic carbocycles. The van der Waals surface area contributed by atoms with Crippen LogP contribution in [0, 0.1) is 13.8 Å². The highest BCUT2D eigenvalue weighted by Gasteiger charge is 2.33. The van der Waals surface area contributed by atoms with E-state index >= 15 is 0 Å². The molecule has 0 radical (unpaired) electrons. The number of hydrogen-bond donors (Lipinski definition) is 1. The third-order valence-corrected chi connectivity index (χ3v) is 3.71. The van der Waals surface area contributed by atoms with Crippen molar-refractivity contribution in [1.29, 1.82) is 0 Å². The van der Waals surface area contributed by atoms with Crippen LogP contribution in [0.15, 0.2) is 42.7 Å². The van der Waals surface area contributed by atoms with E-state index in [4.69, 9.17) is 4.74 Å². The maximum atomic E-state index is 12.9. The smallest absolute Gasteiger partial charge is 0.419 e. The van der Waals surface area contributed by atoms with Gasteiger partial charge in [-0.05, 0) is 32.0 Å². The maximum absolute atomic E-state index is 12.9. The molecule has 0 aliphatic rings. The van der Waals surface area contributed by atoms with Gasteiger partial charge in [-0.2, -0.15) is 18.3 Å². The summed E-state index contributed by atoms with van der Waals surface area (Å²) in [6, 6.07) is 7.04. The average Bonchev–Trinajstić information content (AvgIpc) is 2.97. The highest BCUT2D eigenvalue weighted by Crippen LogP contribution is 2.35. The summed E-state index contributed by atoms with van der Waals surface area (Å²) in [5.74, 6) is 0.830. The Morgan fingerprint density at radius 2 is 1.93 bits per heavy atom. The van der Waals surface area contributed by atoms with Gasteiger partial charge in [0, 0.05) is 5.69 Å². The van der Waals surface area contributed by atoms with Gasteiger partial charge in [0.05, 0.1) is 30.2 Å². The Labute approximate surface area is 154 Å². The summed E-state index contributed by atoms with van der Waals surface area (Å²) in [5, 5.41) is 7.33. The number of nitrogens with one attached hydrogen (secondary N) is 1. The molecule has 3 aromatic rings. The van der Waals surface area contributed by atoms with E-state index in [1.807, 2.05) is 19.9 Å². The molecule has 0 atom stereocenters. The molecule has 0 aliphatic heterocycles. The topological polar surface area (TPSA) is 64.9 Å². The first-order valence-electron chi connectivity index (χ1n) is 8.23. The van der Waals surface area contributed by atoms with Crippen LogP contribution in [0.2, 0.25) is 0 Å². The molecule has 0 aliphatic carbocycles. The molecule has 1 N–H and O–H groups in total. The van der Waals surface area contributed by atoms with E-state index in [0.717, 1.165) is 17.5 Å². The van der Waals surface area contributed by atoms with Gasteiger partial charge in [0.1, 0.15) is 18.2 Å². The molecule has 142 valence electrons. The van der Waals surface area contributed by atoms with Crippen LogP contribution in [0.3, 0.4) is 0 Å². The predicted molar refractivity (Wildman–Crippen MR) is 94.1 cm³/mol. The molecule has 2 aromatic heterocycles. The molecule has 0 saturated carbocycles. The Kier molecular flexibility index (Phi) is 5.29. The average molecular weight is 377 g/mol. The van der Waals surface area contributed by atoms with Crippen molar-refractivity contribution < 1.29 is 17.9 Å². The quantitative estimate of drug-likeness (QED) is 0.662. The van der Waals surface area contributed by atoms with Crippen LogP contribution in [0.25, 0.3) is 5.82 Å². The Hall–Kier alpha value is -3.10. The molecule has 3 rings (SSSR count). The first-order valence-corrected chi connectivity index (χ1v) is 8.23. The summed E-state index contributed by atoms with van der Waals surface area (Å²) in [7, 11) is 0. The van der Waals surface area contributed by atoms with Crippen molar-refractivity contribution in [2.45, 2.75) is 20.0 Å². The molecule has 0 unspecified atom stereocenters. The first-order chi connectivity index (χ1) is 12.8. The second kappa shape index (κ2) is 7.65. The molecule has 0 saturated heterocycles. The molecule has 2 heterocycles. The lowest BCUT2D eigenvalue weighted by Crippen LogP contribution is -2.15. The Morgan fingerprint density at radius 3 is 2.63 bits per heavy atom. The first kappa shape index (κ1) is 18.7. The Morgan fingerprint density at radius 1 is 1.15 bits per heavy atom. The minimum atomic E-state index is -4.45. The molecule has 9 heteroatoms. The minimum absolute atomic E-state index is 0.0406. The standard InChI is InChI=1S/C18H18F3N5O/c1-12-9-13(2)26(25-12)17-11-22-10-16(24-17)23-7-8-27-15-6-4-3-5-14(15)18(19,20)21/h3-6,9-11H,7-8H2,1-2H3,(H,23,24). The zero-order valence-electron chi connectivity index (χ0n) is 14.8. The van der Waals surface area contributed by atoms with Crippen LogP contribution in [-0.2, 0) is 6.18 Å². The van der Waals surface area contributed by atoms with Crippen LogP contribution in [0.4, 0.5) is 19.0 Å². The molecule has 0 fully saturated rings. The number of anilines is 1. The van der Waals surface area contributed by atoms with Crippen LogP contribution >= 0.6 is 0 Å². The number of aromatic nitrogens is 4. The van der Waals surface area contributed by atoms with E-state index in [9.17, 15) is 13.2 Å². The lowest BCUT2D eigenvalue weighted by atomic mass is 10.2. The van der Waals surface area contributed by atoms with Crippen molar-refractivity contribution >= 4 is 5.82 Å². The van der Waals surface area contributed by atoms with Gasteiger partial charge in [-0.15, -0.1) is 0 Å². The second-order valence-electron chi connectivity index (χ2n) is 5.87. The van der Waals surface area contributed by atoms with E-state index < -0.39 is 11.7 Å². The summed E-state index contributed by atoms with van der Waals surface area (Å²) in [6.07, 6.45) is -1.34. The highest BCUT2D eigenvalue weighted by atomic mass is 19.4. The minimum Gasteiger partial charge on any atom is -0.491 e. The number of benzene rings is 1. The number of hydrogen-bond acceptors (Lipinski definition) is 5. The fraction of sp³-hybridized carbons (Fsp3) is 0.278. The van der Waals surface area contributed by atoms with Crippen LogP contribution in [0.1, 0.15) is 17.0 Å². The van der Waals surface area contributed by atoms with Gasteiger partial charge in [-0.3, -0.25) is 4.98 Å². The van der Waals surface area contributed by atoms with Crippen LogP contribution in [0.5, 0.6) is 5.75 Å². The van der Waals surface area contributed by atoms with Gasteiger partial charge in [-0.25, -0.2) is 9.67 Å². The van der Waals surface area contributed by atoms with Crippen molar-refractivity contribution in [3.8, 4) is 11.6 Å². The zero-order chi connectivity index (χ0) is 19.4. The molecule has 27 heavy (non-hydrogen) atoms. The monoisotopic (exact) mass is 377 g/mol. The molecular formula is C18H18F3N5O. The largest absolute Gasteiger partial charge is 0.491 e. The third kappa shape index (κ3) is 4.55. The number of nitrogens with zero attached hydrogens (tertiary/aromatic N) is 4. The summed E-state index contributed by atoms with van der Waals surface area (Å²) in [5.41, 5.74) is 0.992. The third-order valence-electron chi connectivity index (χ3n) is 3.71. The lowest BCUT2D eigenvalue weighted by Gasteiger charge is -2.14. The van der Waals surface area contributed by atoms with Gasteiger partial charge < -0.3 is 10.1 Å². The Bertz CT molecular complexity index is 923. The number of alkyl halides is 3. The van der Waals surface area contributed by atoms with Crippen molar-refractivity contribution in [2.24, 2.45) is 0 Å². The van der Waals surface area contributed by atoms with Gasteiger partial charge in [0.25, 0.3) is 0 Å². The van der Waals surface area contributed by atoms with Crippen molar-refractivity contribution in [3.05, 3.63) is 59.7 Å². The highest BCUT2D eigenvalue weighted by molar-refractivity contribution is 5.37. The number of ether oxygens (including phenoxy) is 1. The summed E-state index contributed by atoms with van der Waals surface area (Å²) >= 11 is 0. The van der Waals surface area contributed by atoms with Gasteiger partial charge >= 0.3 is 6.18 Å². The van der Waals surface area contributed by atoms with E-state index in [0.29, 0.717) is 11.6 Å². The SMILES string of the molecule is Cc1cc(C)n(-c2cncc(NCCOc3ccccc3C(F)(F)F)n2)n1. The summed E-state index contributed by atoms with van der Waals surface area (Å²) in [6.45, 7) is 4.10. The predicted octanol–water partition coefficient (Wildman–Crippen LogP) is 3.79. The molecule has 0 spiro atoms. The lowest BCUT2D eigenvalue weighted by molar-refractivity contribution is -0.138. The van der Waals surface area contributed by atoms with E-state index in [-0.39, 0.29) is 18.9 Å². The van der Waals surface area contributed by atoms with Gasteiger partial charge in [0.2, 0.25) is 0 Å². The summed E-state index contributed by atoms with van der Waals surface area (Å²) < 4.78 is 45.8. The molecule has 0 bridgehead atoms. The number of rotatable bonds is 6. The van der Waals surface area contributed by atoms with E-state index in [1.54, 1.807) is 10.9 Å². The molecular weight excluding hydrogens is 359 g/mol. The fourth-order valence-electron chi connectivity index (χ4n) is 2.57. The molecule has 6 nitrogen and oxygen atoms in total. The fourth-order valence-corrected chi connectivity index (χ4v) is 2.57. The maximum Gasteiger partial charge on any atom is 0.419 e. The number of para-hydroxylation sites is 1. The molecule has 0 amide bonds. The number of aryl methyl sites for hydroxylation is 2. The zero-order valence-corrected chi connectivity index (χ0v) is 14.8. The van der Waals surface area contributed by atoms with Crippen molar-refractivity contribution in [2.75, 3.05) is 18.5 Å². The van der Waals surface area contributed by atoms with Crippen LogP contribution in [-0.4, -0.2) is 32.9 Å². The van der Waals surface area contributed by atoms with Gasteiger partial charge in [0.15, 0.2) is 5.82 Å². The van der Waals surface area contributed by atoms with Crippen molar-refractivity contribution in [1.82, 2.24) is 19.7 Å². The van der Waals surface area contributed by atoms with Gasteiger partial charge in [-0.1, -0.05) is 12.1 Å². The normalized spacial score (nSPS) is 11.4. The van der Waals surface area contributed by atoms with E-state index in [2.05, 4.69) is 20.4 Å². The van der Waals surface area contributed by atoms with E-state index in [1.165, 1.54) is 24.4 Å². The Balaban J connectivity index is 1.61.